The molecule has 0 amide bonds. The quantitative estimate of drug-likeness (QED) is 0.627. The van der Waals surface area contributed by atoms with E-state index >= 15 is 0 Å². The van der Waals surface area contributed by atoms with Crippen LogP contribution in [0.15, 0.2) is 53.3 Å². The van der Waals surface area contributed by atoms with Crippen LogP contribution in [0.25, 0.3) is 15.3 Å². The molecule has 2 nitrogen and oxygen atoms in total. The van der Waals surface area contributed by atoms with Gasteiger partial charge in [0.25, 0.3) is 0 Å². The molecule has 0 spiro atoms. The molecule has 0 radical (unpaired) electrons. The van der Waals surface area contributed by atoms with E-state index in [2.05, 4.69) is 26.8 Å². The maximum atomic E-state index is 12.6. The molecule has 3 rings (SSSR count). The van der Waals surface area contributed by atoms with Gasteiger partial charge in [-0.25, -0.2) is 0 Å². The second-order valence-corrected chi connectivity index (χ2v) is 7.96. The fourth-order valence-electron chi connectivity index (χ4n) is 2.37. The molecule has 0 unspecified atom stereocenters. The summed E-state index contributed by atoms with van der Waals surface area (Å²) in [4.78, 5) is 12.6. The van der Waals surface area contributed by atoms with Crippen molar-refractivity contribution in [1.29, 1.82) is 0 Å². The van der Waals surface area contributed by atoms with Gasteiger partial charge in [-0.2, -0.15) is 0 Å². The van der Waals surface area contributed by atoms with Gasteiger partial charge in [-0.05, 0) is 0 Å². The summed E-state index contributed by atoms with van der Waals surface area (Å²) < 4.78 is 3.16. The molecule has 3 aromatic rings. The molecule has 3 heteroatoms. The molecule has 0 saturated carbocycles. The normalized spacial score (nSPS) is 11.9. The van der Waals surface area contributed by atoms with E-state index in [1.165, 1.54) is 9.82 Å². The zero-order chi connectivity index (χ0) is 14.3. The van der Waals surface area contributed by atoms with Crippen LogP contribution in [0.2, 0.25) is 0 Å². The Morgan fingerprint density at radius 3 is 2.30 bits per heavy atom. The molecule has 0 N–H and O–H groups in total. The number of benzene rings is 2. The first-order valence-electron chi connectivity index (χ1n) is 6.69. The Kier molecular flexibility index (Phi) is 3.19. The van der Waals surface area contributed by atoms with E-state index in [1.54, 1.807) is 0 Å². The van der Waals surface area contributed by atoms with Gasteiger partial charge in [-0.1, -0.05) is 0 Å². The zero-order valence-electron chi connectivity index (χ0n) is 11.9. The van der Waals surface area contributed by atoms with Crippen molar-refractivity contribution in [2.24, 2.45) is 0 Å². The zero-order valence-corrected chi connectivity index (χ0v) is 13.6. The minimum absolute atomic E-state index is 0.0254. The van der Waals surface area contributed by atoms with Gasteiger partial charge in [-0.15, -0.1) is 0 Å². The summed E-state index contributed by atoms with van der Waals surface area (Å²) in [6.45, 7) is 6.61. The third kappa shape index (κ3) is 2.17. The summed E-state index contributed by atoms with van der Waals surface area (Å²) in [6.07, 6.45) is 0. The van der Waals surface area contributed by atoms with E-state index in [9.17, 15) is 4.79 Å². The number of fused-ring (bicyclic) bond motifs is 1. The van der Waals surface area contributed by atoms with Crippen molar-refractivity contribution in [2.75, 3.05) is 0 Å². The summed E-state index contributed by atoms with van der Waals surface area (Å²) in [7, 11) is 0. The number of aromatic nitrogens is 1. The van der Waals surface area contributed by atoms with Crippen molar-refractivity contribution in [2.45, 2.75) is 26.2 Å². The molecule has 0 fully saturated rings. The molecule has 20 heavy (non-hydrogen) atoms. The van der Waals surface area contributed by atoms with Crippen LogP contribution in [0.3, 0.4) is 0 Å². The van der Waals surface area contributed by atoms with Crippen molar-refractivity contribution in [3.8, 4) is 5.69 Å². The molecule has 1 aromatic heterocycles. The maximum absolute atomic E-state index is 12.6. The van der Waals surface area contributed by atoms with Gasteiger partial charge in [0.15, 0.2) is 0 Å². The number of rotatable bonds is 1. The summed E-state index contributed by atoms with van der Waals surface area (Å²) in [5.41, 5.74) is 2.49. The third-order valence-corrected chi connectivity index (χ3v) is 5.89. The van der Waals surface area contributed by atoms with E-state index in [-0.39, 0.29) is 25.7 Å². The monoisotopic (exact) mass is 331 g/mol. The molecular formula is C17H17NOSe. The standard InChI is InChI=1S/C17H17NOSe/c1-17(2,3)14-11-7-10-13-15(14)20-18(16(13)19)12-8-5-4-6-9-12/h4-11H,1-3H3. The average molecular weight is 330 g/mol. The summed E-state index contributed by atoms with van der Waals surface area (Å²) >= 11 is 0.0254. The Morgan fingerprint density at radius 2 is 1.65 bits per heavy atom. The predicted molar refractivity (Wildman–Crippen MR) is 85.2 cm³/mol. The van der Waals surface area contributed by atoms with Crippen molar-refractivity contribution in [1.82, 2.24) is 3.56 Å². The van der Waals surface area contributed by atoms with Gasteiger partial charge in [0.1, 0.15) is 0 Å². The first kappa shape index (κ1) is 13.4. The minimum atomic E-state index is 0.0254. The third-order valence-electron chi connectivity index (χ3n) is 3.41. The molecule has 0 atom stereocenters. The van der Waals surface area contributed by atoms with Gasteiger partial charge < -0.3 is 0 Å². The van der Waals surface area contributed by atoms with Crippen LogP contribution in [-0.4, -0.2) is 18.3 Å². The fraction of sp³-hybridized carbons (Fsp3) is 0.235. The Bertz CT molecular complexity index is 806. The van der Waals surface area contributed by atoms with Gasteiger partial charge in [-0.3, -0.25) is 0 Å². The van der Waals surface area contributed by atoms with Gasteiger partial charge in [0.05, 0.1) is 0 Å². The predicted octanol–water partition coefficient (Wildman–Crippen LogP) is 3.35. The van der Waals surface area contributed by atoms with Crippen molar-refractivity contribution in [3.63, 3.8) is 0 Å². The number of para-hydroxylation sites is 1. The Balaban J connectivity index is 2.34. The van der Waals surface area contributed by atoms with E-state index in [0.717, 1.165) is 11.1 Å². The molecular weight excluding hydrogens is 313 g/mol. The second kappa shape index (κ2) is 4.76. The molecule has 0 aliphatic heterocycles. The van der Waals surface area contributed by atoms with E-state index in [4.69, 9.17) is 0 Å². The van der Waals surface area contributed by atoms with Crippen LogP contribution in [0, 0.1) is 0 Å². The summed E-state index contributed by atoms with van der Waals surface area (Å²) in [5, 5.41) is 0.876. The summed E-state index contributed by atoms with van der Waals surface area (Å²) in [6, 6.07) is 16.1. The number of hydrogen-bond donors (Lipinski definition) is 0. The van der Waals surface area contributed by atoms with Crippen LogP contribution in [0.1, 0.15) is 26.3 Å². The Morgan fingerprint density at radius 1 is 0.950 bits per heavy atom. The Labute approximate surface area is 124 Å². The second-order valence-electron chi connectivity index (χ2n) is 5.96. The van der Waals surface area contributed by atoms with Gasteiger partial charge >= 0.3 is 124 Å². The fourth-order valence-corrected chi connectivity index (χ4v) is 5.13. The van der Waals surface area contributed by atoms with Crippen LogP contribution < -0.4 is 5.56 Å². The van der Waals surface area contributed by atoms with E-state index in [1.807, 2.05) is 46.0 Å². The van der Waals surface area contributed by atoms with Crippen LogP contribution in [-0.2, 0) is 5.41 Å². The molecule has 102 valence electrons. The number of hydrogen-bond acceptors (Lipinski definition) is 1. The Hall–Kier alpha value is -1.57. The molecule has 1 heterocycles. The van der Waals surface area contributed by atoms with Gasteiger partial charge in [0, 0.05) is 0 Å². The van der Waals surface area contributed by atoms with Crippen LogP contribution >= 0.6 is 0 Å². The van der Waals surface area contributed by atoms with Crippen LogP contribution in [0.5, 0.6) is 0 Å². The summed E-state index contributed by atoms with van der Waals surface area (Å²) in [5.74, 6) is 0. The molecule has 0 saturated heterocycles. The first-order chi connectivity index (χ1) is 9.48. The van der Waals surface area contributed by atoms with E-state index in [0.29, 0.717) is 0 Å². The van der Waals surface area contributed by atoms with Crippen molar-refractivity contribution >= 4 is 24.4 Å². The van der Waals surface area contributed by atoms with Gasteiger partial charge in [0.2, 0.25) is 0 Å². The van der Waals surface area contributed by atoms with Crippen molar-refractivity contribution in [3.05, 3.63) is 64.4 Å². The molecule has 0 aliphatic rings. The van der Waals surface area contributed by atoms with E-state index < -0.39 is 0 Å². The number of nitrogens with zero attached hydrogens (tertiary/aromatic N) is 1. The topological polar surface area (TPSA) is 22.0 Å². The van der Waals surface area contributed by atoms with Crippen molar-refractivity contribution < 1.29 is 0 Å². The van der Waals surface area contributed by atoms with Crippen LogP contribution in [0.4, 0.5) is 0 Å². The first-order valence-corrected chi connectivity index (χ1v) is 8.32. The SMILES string of the molecule is CC(C)(C)c1cccc2c(=O)n(-c3ccccc3)[se]c12. The average Bonchev–Trinajstić information content (AvgIpc) is 2.76. The molecule has 2 aromatic carbocycles. The molecule has 0 aliphatic carbocycles. The molecule has 0 bridgehead atoms.